The lowest BCUT2D eigenvalue weighted by molar-refractivity contribution is -0.143. The summed E-state index contributed by atoms with van der Waals surface area (Å²) >= 11 is 0. The first-order chi connectivity index (χ1) is 10.5. The summed E-state index contributed by atoms with van der Waals surface area (Å²) in [6.07, 6.45) is 3.53. The van der Waals surface area contributed by atoms with Crippen molar-refractivity contribution in [1.82, 2.24) is 9.88 Å². The Balaban J connectivity index is 1.77. The topological polar surface area (TPSA) is 66.6 Å². The molecule has 1 saturated carbocycles. The van der Waals surface area contributed by atoms with E-state index in [2.05, 4.69) is 4.98 Å². The minimum atomic E-state index is -0.858. The molecule has 1 aliphatic rings. The molecular weight excluding hydrogens is 287 g/mol. The number of carbonyl (C=O) groups is 1. The lowest BCUT2D eigenvalue weighted by Crippen LogP contribution is -2.40. The van der Waals surface area contributed by atoms with E-state index >= 15 is 0 Å². The number of carboxylic acids is 1. The molecule has 5 nitrogen and oxygen atoms in total. The molecule has 1 aromatic carbocycles. The molecule has 2 aromatic rings. The van der Waals surface area contributed by atoms with E-state index in [-0.39, 0.29) is 11.9 Å². The third kappa shape index (κ3) is 3.17. The van der Waals surface area contributed by atoms with Gasteiger partial charge in [-0.2, -0.15) is 0 Å². The van der Waals surface area contributed by atoms with Crippen molar-refractivity contribution in [2.24, 2.45) is 0 Å². The Kier molecular flexibility index (Phi) is 3.94. The smallest absolute Gasteiger partial charge is 0.320 e. The van der Waals surface area contributed by atoms with Gasteiger partial charge in [0.1, 0.15) is 11.9 Å². The Morgan fingerprint density at radius 2 is 2.32 bits per heavy atom. The molecule has 6 heteroatoms. The summed E-state index contributed by atoms with van der Waals surface area (Å²) in [5, 5.41) is 9.19. The van der Waals surface area contributed by atoms with E-state index in [1.54, 1.807) is 25.3 Å². The van der Waals surface area contributed by atoms with Gasteiger partial charge < -0.3 is 9.52 Å². The second kappa shape index (κ2) is 5.88. The quantitative estimate of drug-likeness (QED) is 0.889. The average molecular weight is 304 g/mol. The van der Waals surface area contributed by atoms with Gasteiger partial charge in [0.05, 0.1) is 12.7 Å². The van der Waals surface area contributed by atoms with Crippen LogP contribution in [0.1, 0.15) is 25.7 Å². The number of hydrogen-bond acceptors (Lipinski definition) is 4. The molecule has 1 aliphatic carbocycles. The van der Waals surface area contributed by atoms with Crippen molar-refractivity contribution in [2.75, 3.05) is 0 Å². The van der Waals surface area contributed by atoms with Gasteiger partial charge in [-0.1, -0.05) is 12.1 Å². The minimum absolute atomic E-state index is 0.274. The molecule has 0 spiro atoms. The number of carboxylic acid groups (broad SMARTS) is 1. The standard InChI is InChI=1S/C16H17FN2O3/c1-10(16(20)21)19(13-5-6-13)9-15-18-8-14(22-15)11-3-2-4-12(17)7-11/h2-4,7-8,10,13H,5-6,9H2,1H3,(H,20,21). The molecule has 1 unspecified atom stereocenters. The van der Waals surface area contributed by atoms with Crippen LogP contribution in [0, 0.1) is 5.82 Å². The average Bonchev–Trinajstić information content (AvgIpc) is 3.22. The van der Waals surface area contributed by atoms with E-state index in [1.807, 2.05) is 4.90 Å². The fraction of sp³-hybridized carbons (Fsp3) is 0.375. The highest BCUT2D eigenvalue weighted by atomic mass is 19.1. The summed E-state index contributed by atoms with van der Waals surface area (Å²) in [7, 11) is 0. The number of oxazole rings is 1. The number of halogens is 1. The van der Waals surface area contributed by atoms with Gasteiger partial charge in [-0.05, 0) is 31.9 Å². The molecule has 0 bridgehead atoms. The number of aromatic nitrogens is 1. The molecule has 0 amide bonds. The molecule has 0 saturated heterocycles. The maximum absolute atomic E-state index is 13.2. The second-order valence-electron chi connectivity index (χ2n) is 5.55. The van der Waals surface area contributed by atoms with Gasteiger partial charge >= 0.3 is 5.97 Å². The SMILES string of the molecule is CC(C(=O)O)N(Cc1ncc(-c2cccc(F)c2)o1)C1CC1. The zero-order chi connectivity index (χ0) is 15.7. The van der Waals surface area contributed by atoms with Crippen LogP contribution >= 0.6 is 0 Å². The Morgan fingerprint density at radius 3 is 2.95 bits per heavy atom. The van der Waals surface area contributed by atoms with E-state index in [1.165, 1.54) is 12.1 Å². The summed E-state index contributed by atoms with van der Waals surface area (Å²) in [4.78, 5) is 17.3. The number of benzene rings is 1. The highest BCUT2D eigenvalue weighted by Gasteiger charge is 2.35. The van der Waals surface area contributed by atoms with Gasteiger partial charge in [0.25, 0.3) is 0 Å². The molecule has 0 radical (unpaired) electrons. The Morgan fingerprint density at radius 1 is 1.55 bits per heavy atom. The van der Waals surface area contributed by atoms with Gasteiger partial charge in [-0.25, -0.2) is 9.37 Å². The molecule has 22 heavy (non-hydrogen) atoms. The highest BCUT2D eigenvalue weighted by Crippen LogP contribution is 2.31. The van der Waals surface area contributed by atoms with Crippen molar-refractivity contribution >= 4 is 5.97 Å². The van der Waals surface area contributed by atoms with Crippen LogP contribution in [0.15, 0.2) is 34.9 Å². The van der Waals surface area contributed by atoms with Crippen molar-refractivity contribution in [1.29, 1.82) is 0 Å². The van der Waals surface area contributed by atoms with E-state index in [4.69, 9.17) is 4.42 Å². The van der Waals surface area contributed by atoms with Gasteiger partial charge in [-0.15, -0.1) is 0 Å². The van der Waals surface area contributed by atoms with E-state index in [0.717, 1.165) is 12.8 Å². The Bertz CT molecular complexity index is 682. The van der Waals surface area contributed by atoms with Crippen molar-refractivity contribution in [3.8, 4) is 11.3 Å². The van der Waals surface area contributed by atoms with Crippen LogP contribution < -0.4 is 0 Å². The Hall–Kier alpha value is -2.21. The second-order valence-corrected chi connectivity index (χ2v) is 5.55. The summed E-state index contributed by atoms with van der Waals surface area (Å²) in [5.74, 6) is -0.272. The summed E-state index contributed by atoms with van der Waals surface area (Å²) in [6, 6.07) is 5.78. The molecular formula is C16H17FN2O3. The summed E-state index contributed by atoms with van der Waals surface area (Å²) < 4.78 is 18.9. The van der Waals surface area contributed by atoms with Crippen LogP contribution in [0.5, 0.6) is 0 Å². The summed E-state index contributed by atoms with van der Waals surface area (Å²) in [6.45, 7) is 2.00. The van der Waals surface area contributed by atoms with Crippen molar-refractivity contribution in [2.45, 2.75) is 38.4 Å². The van der Waals surface area contributed by atoms with Crippen LogP contribution in [-0.4, -0.2) is 33.0 Å². The lowest BCUT2D eigenvalue weighted by Gasteiger charge is -2.24. The monoisotopic (exact) mass is 304 g/mol. The first-order valence-corrected chi connectivity index (χ1v) is 7.24. The van der Waals surface area contributed by atoms with Crippen LogP contribution in [0.4, 0.5) is 4.39 Å². The van der Waals surface area contributed by atoms with Gasteiger partial charge in [0.2, 0.25) is 5.89 Å². The molecule has 1 fully saturated rings. The maximum atomic E-state index is 13.2. The first-order valence-electron chi connectivity index (χ1n) is 7.24. The van der Waals surface area contributed by atoms with Crippen molar-refractivity contribution < 1.29 is 18.7 Å². The number of nitrogens with zero attached hydrogens (tertiary/aromatic N) is 2. The molecule has 0 aliphatic heterocycles. The number of aliphatic carboxylic acids is 1. The van der Waals surface area contributed by atoms with Crippen LogP contribution in [0.25, 0.3) is 11.3 Å². The maximum Gasteiger partial charge on any atom is 0.320 e. The fourth-order valence-corrected chi connectivity index (χ4v) is 2.45. The van der Waals surface area contributed by atoms with Crippen molar-refractivity contribution in [3.63, 3.8) is 0 Å². The van der Waals surface area contributed by atoms with E-state index < -0.39 is 12.0 Å². The molecule has 1 atom stereocenters. The van der Waals surface area contributed by atoms with Crippen LogP contribution in [0.3, 0.4) is 0 Å². The third-order valence-electron chi connectivity index (χ3n) is 3.85. The molecule has 116 valence electrons. The minimum Gasteiger partial charge on any atom is -0.480 e. The predicted molar refractivity (Wildman–Crippen MR) is 77.6 cm³/mol. The highest BCUT2D eigenvalue weighted by molar-refractivity contribution is 5.73. The normalized spacial score (nSPS) is 16.0. The fourth-order valence-electron chi connectivity index (χ4n) is 2.45. The van der Waals surface area contributed by atoms with Crippen molar-refractivity contribution in [3.05, 3.63) is 42.2 Å². The lowest BCUT2D eigenvalue weighted by atomic mass is 10.2. The van der Waals surface area contributed by atoms with Crippen LogP contribution in [-0.2, 0) is 11.3 Å². The summed E-state index contributed by atoms with van der Waals surface area (Å²) in [5.41, 5.74) is 0.614. The largest absolute Gasteiger partial charge is 0.480 e. The molecule has 1 heterocycles. The van der Waals surface area contributed by atoms with E-state index in [0.29, 0.717) is 23.8 Å². The number of rotatable bonds is 6. The Labute approximate surface area is 127 Å². The predicted octanol–water partition coefficient (Wildman–Crippen LogP) is 2.92. The number of hydrogen-bond donors (Lipinski definition) is 1. The van der Waals surface area contributed by atoms with E-state index in [9.17, 15) is 14.3 Å². The first kappa shape index (κ1) is 14.7. The molecule has 3 rings (SSSR count). The third-order valence-corrected chi connectivity index (χ3v) is 3.85. The van der Waals surface area contributed by atoms with Gasteiger partial charge in [-0.3, -0.25) is 9.69 Å². The van der Waals surface area contributed by atoms with Gasteiger partial charge in [0, 0.05) is 11.6 Å². The zero-order valence-electron chi connectivity index (χ0n) is 12.2. The van der Waals surface area contributed by atoms with Crippen LogP contribution in [0.2, 0.25) is 0 Å². The molecule has 1 N–H and O–H groups in total. The molecule has 1 aromatic heterocycles. The zero-order valence-corrected chi connectivity index (χ0v) is 12.2. The van der Waals surface area contributed by atoms with Gasteiger partial charge in [0.15, 0.2) is 5.76 Å².